The van der Waals surface area contributed by atoms with Crippen LogP contribution >= 0.6 is 0 Å². The Kier molecular flexibility index (Phi) is 4.87. The minimum atomic E-state index is -0.409. The first-order valence-corrected chi connectivity index (χ1v) is 12.0. The van der Waals surface area contributed by atoms with E-state index < -0.39 is 6.10 Å². The van der Waals surface area contributed by atoms with Crippen molar-refractivity contribution in [3.8, 4) is 11.3 Å². The molecule has 7 rings (SSSR count). The number of benzene rings is 1. The highest BCUT2D eigenvalue weighted by Crippen LogP contribution is 2.60. The summed E-state index contributed by atoms with van der Waals surface area (Å²) in [7, 11) is 0. The lowest BCUT2D eigenvalue weighted by Crippen LogP contribution is -2.51. The fourth-order valence-electron chi connectivity index (χ4n) is 6.44. The van der Waals surface area contributed by atoms with Gasteiger partial charge in [-0.1, -0.05) is 30.3 Å². The summed E-state index contributed by atoms with van der Waals surface area (Å²) in [4.78, 5) is 21.5. The number of esters is 1. The number of rotatable bonds is 6. The van der Waals surface area contributed by atoms with E-state index >= 15 is 0 Å². The van der Waals surface area contributed by atoms with Gasteiger partial charge in [0.2, 0.25) is 0 Å². The van der Waals surface area contributed by atoms with E-state index in [9.17, 15) is 9.90 Å². The molecule has 0 spiro atoms. The first kappa shape index (κ1) is 20.6. The number of fused-ring (bicyclic) bond motifs is 6. The van der Waals surface area contributed by atoms with E-state index in [2.05, 4.69) is 38.8 Å². The monoisotopic (exact) mass is 443 g/mol. The highest BCUT2D eigenvalue weighted by Gasteiger charge is 2.56. The van der Waals surface area contributed by atoms with Gasteiger partial charge < -0.3 is 14.4 Å². The molecule has 33 heavy (non-hydrogen) atoms. The van der Waals surface area contributed by atoms with E-state index in [1.165, 1.54) is 11.1 Å². The predicted octanol–water partition coefficient (Wildman–Crippen LogP) is 4.68. The summed E-state index contributed by atoms with van der Waals surface area (Å²) in [5, 5.41) is 11.5. The molecule has 170 valence electrons. The van der Waals surface area contributed by atoms with Crippen LogP contribution in [-0.4, -0.2) is 31.7 Å². The van der Waals surface area contributed by atoms with Crippen molar-refractivity contribution in [3.63, 3.8) is 0 Å². The Morgan fingerprint density at radius 3 is 2.61 bits per heavy atom. The second kappa shape index (κ2) is 7.80. The first-order valence-electron chi connectivity index (χ1n) is 12.0. The average Bonchev–Trinajstić information content (AvgIpc) is 3.47. The third kappa shape index (κ3) is 3.31. The Morgan fingerprint density at radius 1 is 1.06 bits per heavy atom. The van der Waals surface area contributed by atoms with Crippen LogP contribution in [0.2, 0.25) is 0 Å². The zero-order chi connectivity index (χ0) is 22.5. The Morgan fingerprint density at radius 2 is 1.85 bits per heavy atom. The molecule has 2 aromatic heterocycles. The number of imidazole rings is 1. The number of hydrogen-bond donors (Lipinski definition) is 1. The summed E-state index contributed by atoms with van der Waals surface area (Å²) in [6.07, 6.45) is 12.5. The van der Waals surface area contributed by atoms with Gasteiger partial charge in [-0.2, -0.15) is 0 Å². The molecule has 3 aromatic rings. The summed E-state index contributed by atoms with van der Waals surface area (Å²) in [5.41, 5.74) is 4.03. The number of pyridine rings is 1. The molecule has 6 nitrogen and oxygen atoms in total. The lowest BCUT2D eigenvalue weighted by molar-refractivity contribution is -0.173. The fourth-order valence-corrected chi connectivity index (χ4v) is 6.44. The van der Waals surface area contributed by atoms with Gasteiger partial charge in [0, 0.05) is 23.5 Å². The van der Waals surface area contributed by atoms with Gasteiger partial charge in [-0.15, -0.1) is 0 Å². The van der Waals surface area contributed by atoms with Gasteiger partial charge >= 0.3 is 5.97 Å². The molecule has 4 aliphatic rings. The SMILES string of the molecule is O=C(OCc1cccnc1)C12CCC(C(O)CC3c4ccccc4-c4cncn43)(CC1)CC2. The van der Waals surface area contributed by atoms with Gasteiger partial charge in [0.05, 0.1) is 35.8 Å². The second-order valence-electron chi connectivity index (χ2n) is 10.1. The van der Waals surface area contributed by atoms with Crippen LogP contribution in [0.5, 0.6) is 0 Å². The third-order valence-electron chi connectivity index (χ3n) is 8.58. The standard InChI is InChI=1S/C27H29N3O3/c31-24(14-22-20-5-1-2-6-21(20)23-16-29-18-30(22)23)26-7-10-27(11-8-26,12-9-26)25(32)33-17-19-4-3-13-28-15-19/h1-6,13,15-16,18,22,24,31H,7-12,14,17H2. The molecular weight excluding hydrogens is 414 g/mol. The van der Waals surface area contributed by atoms with Crippen LogP contribution in [0.15, 0.2) is 61.3 Å². The van der Waals surface area contributed by atoms with Crippen LogP contribution in [0.1, 0.15) is 62.1 Å². The van der Waals surface area contributed by atoms with Crippen molar-refractivity contribution in [1.82, 2.24) is 14.5 Å². The van der Waals surface area contributed by atoms with Crippen molar-refractivity contribution in [2.24, 2.45) is 10.8 Å². The Balaban J connectivity index is 1.14. The number of nitrogens with zero attached hydrogens (tertiary/aromatic N) is 3. The quantitative estimate of drug-likeness (QED) is 0.560. The maximum absolute atomic E-state index is 13.0. The normalized spacial score (nSPS) is 28.2. The van der Waals surface area contributed by atoms with Crippen LogP contribution in [0.3, 0.4) is 0 Å². The van der Waals surface area contributed by atoms with Crippen molar-refractivity contribution >= 4 is 5.97 Å². The van der Waals surface area contributed by atoms with Gasteiger partial charge in [-0.25, -0.2) is 4.98 Å². The largest absolute Gasteiger partial charge is 0.460 e. The molecule has 0 radical (unpaired) electrons. The number of ether oxygens (including phenoxy) is 1. The van der Waals surface area contributed by atoms with Crippen LogP contribution < -0.4 is 0 Å². The Hall–Kier alpha value is -2.99. The molecule has 2 unspecified atom stereocenters. The van der Waals surface area contributed by atoms with E-state index in [1.807, 2.05) is 24.7 Å². The molecule has 0 amide bonds. The van der Waals surface area contributed by atoms with Crippen molar-refractivity contribution in [3.05, 3.63) is 72.4 Å². The van der Waals surface area contributed by atoms with Crippen molar-refractivity contribution in [1.29, 1.82) is 0 Å². The molecule has 6 heteroatoms. The van der Waals surface area contributed by atoms with Gasteiger partial charge in [0.25, 0.3) is 0 Å². The smallest absolute Gasteiger partial charge is 0.312 e. The van der Waals surface area contributed by atoms with Gasteiger partial charge in [0.1, 0.15) is 6.61 Å². The zero-order valence-corrected chi connectivity index (χ0v) is 18.7. The fraction of sp³-hybridized carbons (Fsp3) is 0.444. The average molecular weight is 444 g/mol. The van der Waals surface area contributed by atoms with Crippen molar-refractivity contribution in [2.75, 3.05) is 0 Å². The van der Waals surface area contributed by atoms with E-state index in [0.29, 0.717) is 6.42 Å². The lowest BCUT2D eigenvalue weighted by atomic mass is 9.51. The van der Waals surface area contributed by atoms with Crippen LogP contribution in [0, 0.1) is 10.8 Å². The molecule has 3 aliphatic carbocycles. The zero-order valence-electron chi connectivity index (χ0n) is 18.7. The van der Waals surface area contributed by atoms with Crippen molar-refractivity contribution < 1.29 is 14.6 Å². The second-order valence-corrected chi connectivity index (χ2v) is 10.1. The van der Waals surface area contributed by atoms with E-state index in [0.717, 1.165) is 49.8 Å². The molecule has 3 fully saturated rings. The minimum Gasteiger partial charge on any atom is -0.460 e. The number of aliphatic hydroxyl groups excluding tert-OH is 1. The van der Waals surface area contributed by atoms with Gasteiger partial charge in [0.15, 0.2) is 0 Å². The van der Waals surface area contributed by atoms with Crippen molar-refractivity contribution in [2.45, 2.75) is 63.7 Å². The van der Waals surface area contributed by atoms with Gasteiger partial charge in [-0.05, 0) is 62.0 Å². The lowest BCUT2D eigenvalue weighted by Gasteiger charge is -2.54. The highest BCUT2D eigenvalue weighted by molar-refractivity contribution is 5.77. The topological polar surface area (TPSA) is 77.2 Å². The Bertz CT molecular complexity index is 1150. The molecular formula is C27H29N3O3. The molecule has 3 heterocycles. The minimum absolute atomic E-state index is 0.0816. The van der Waals surface area contributed by atoms with Crippen LogP contribution in [0.4, 0.5) is 0 Å². The number of aliphatic hydroxyl groups is 1. The molecule has 2 bridgehead atoms. The summed E-state index contributed by atoms with van der Waals surface area (Å²) >= 11 is 0. The van der Waals surface area contributed by atoms with E-state index in [4.69, 9.17) is 4.74 Å². The maximum atomic E-state index is 13.0. The Labute approximate surface area is 193 Å². The summed E-state index contributed by atoms with van der Waals surface area (Å²) in [5.74, 6) is -0.0816. The summed E-state index contributed by atoms with van der Waals surface area (Å²) in [6.45, 7) is 0.274. The number of carbonyl (C=O) groups excluding carboxylic acids is 1. The molecule has 0 saturated heterocycles. The number of hydrogen-bond acceptors (Lipinski definition) is 5. The highest BCUT2D eigenvalue weighted by atomic mass is 16.5. The van der Waals surface area contributed by atoms with E-state index in [1.54, 1.807) is 12.4 Å². The molecule has 1 aromatic carbocycles. The first-order chi connectivity index (χ1) is 16.1. The summed E-state index contributed by atoms with van der Waals surface area (Å²) < 4.78 is 7.91. The molecule has 2 atom stereocenters. The maximum Gasteiger partial charge on any atom is 0.312 e. The van der Waals surface area contributed by atoms with Crippen LogP contribution in [-0.2, 0) is 16.1 Å². The number of aromatic nitrogens is 3. The predicted molar refractivity (Wildman–Crippen MR) is 123 cm³/mol. The summed E-state index contributed by atoms with van der Waals surface area (Å²) in [6, 6.07) is 12.3. The van der Waals surface area contributed by atoms with Crippen LogP contribution in [0.25, 0.3) is 11.3 Å². The molecule has 1 N–H and O–H groups in total. The third-order valence-corrected chi connectivity index (χ3v) is 8.58. The van der Waals surface area contributed by atoms with Gasteiger partial charge in [-0.3, -0.25) is 9.78 Å². The number of carbonyl (C=O) groups is 1. The van der Waals surface area contributed by atoms with E-state index in [-0.39, 0.29) is 29.4 Å². The molecule has 1 aliphatic heterocycles. The molecule has 3 saturated carbocycles.